The Morgan fingerprint density at radius 2 is 2.00 bits per heavy atom. The van der Waals surface area contributed by atoms with Crippen LogP contribution in [0.5, 0.6) is 5.75 Å². The van der Waals surface area contributed by atoms with E-state index >= 15 is 0 Å². The number of sulfone groups is 1. The van der Waals surface area contributed by atoms with Crippen LogP contribution >= 0.6 is 0 Å². The highest BCUT2D eigenvalue weighted by atomic mass is 32.2. The average Bonchev–Trinajstić information content (AvgIpc) is 3.14. The van der Waals surface area contributed by atoms with E-state index < -0.39 is 21.8 Å². The molecule has 0 aliphatic carbocycles. The molecule has 0 spiro atoms. The van der Waals surface area contributed by atoms with E-state index in [2.05, 4.69) is 10.3 Å². The smallest absolute Gasteiger partial charge is 0.274 e. The number of pyridine rings is 1. The van der Waals surface area contributed by atoms with Gasteiger partial charge in [-0.25, -0.2) is 8.42 Å². The maximum Gasteiger partial charge on any atom is 0.274 e. The monoisotopic (exact) mass is 417 g/mol. The zero-order valence-corrected chi connectivity index (χ0v) is 16.5. The van der Waals surface area contributed by atoms with Crippen molar-refractivity contribution in [2.75, 3.05) is 18.2 Å². The number of benzene rings is 1. The van der Waals surface area contributed by atoms with Crippen molar-refractivity contribution in [2.45, 2.75) is 17.4 Å². The number of nitrogens with zero attached hydrogens (tertiary/aromatic N) is 1. The number of carbonyl (C=O) groups is 1. The number of carbonyl (C=O) groups excluding carboxylic acids is 1. The van der Waals surface area contributed by atoms with Gasteiger partial charge in [-0.05, 0) is 18.2 Å². The highest BCUT2D eigenvalue weighted by Gasteiger charge is 2.31. The van der Waals surface area contributed by atoms with Crippen molar-refractivity contribution in [3.63, 3.8) is 0 Å². The molecule has 2 aromatic heterocycles. The Labute approximate surface area is 165 Å². The molecule has 1 aliphatic rings. The number of nitrogens with one attached hydrogen (secondary N) is 2. The van der Waals surface area contributed by atoms with Gasteiger partial charge in [0.15, 0.2) is 21.7 Å². The zero-order valence-electron chi connectivity index (χ0n) is 15.7. The Bertz CT molecular complexity index is 1310. The highest BCUT2D eigenvalue weighted by molar-refractivity contribution is 7.90. The van der Waals surface area contributed by atoms with Gasteiger partial charge in [0, 0.05) is 55.2 Å². The third kappa shape index (κ3) is 3.19. The second-order valence-corrected chi connectivity index (χ2v) is 8.97. The standard InChI is InChI=1S/C19H19N3O6S/c1-22-9-13(11-3-5-20-16(11)19(22)25)12-7-10(29(2,26)27)8-14-17(12)28-15(4-6-23)18(24)21-14/h3,5,7-9,15,20,23H,4,6H2,1-2H3,(H,21,24). The van der Waals surface area contributed by atoms with Crippen LogP contribution in [0, 0.1) is 0 Å². The van der Waals surface area contributed by atoms with E-state index in [0.29, 0.717) is 22.0 Å². The van der Waals surface area contributed by atoms with Crippen molar-refractivity contribution < 1.29 is 23.1 Å². The topological polar surface area (TPSA) is 130 Å². The van der Waals surface area contributed by atoms with E-state index in [4.69, 9.17) is 4.74 Å². The van der Waals surface area contributed by atoms with Gasteiger partial charge in [-0.3, -0.25) is 9.59 Å². The van der Waals surface area contributed by atoms with Gasteiger partial charge < -0.3 is 24.7 Å². The quantitative estimate of drug-likeness (QED) is 0.581. The fourth-order valence-corrected chi connectivity index (χ4v) is 4.10. The van der Waals surface area contributed by atoms with E-state index in [1.165, 1.54) is 16.7 Å². The fraction of sp³-hybridized carbons (Fsp3) is 0.263. The minimum Gasteiger partial charge on any atom is -0.478 e. The number of aliphatic hydroxyl groups is 1. The number of anilines is 1. The number of hydrogen-bond acceptors (Lipinski definition) is 6. The molecule has 4 rings (SSSR count). The van der Waals surface area contributed by atoms with Gasteiger partial charge in [0.2, 0.25) is 0 Å². The lowest BCUT2D eigenvalue weighted by atomic mass is 10.0. The van der Waals surface area contributed by atoms with E-state index in [1.54, 1.807) is 25.5 Å². The van der Waals surface area contributed by atoms with Crippen molar-refractivity contribution >= 4 is 32.3 Å². The molecular weight excluding hydrogens is 398 g/mol. The summed E-state index contributed by atoms with van der Waals surface area (Å²) in [6.45, 7) is -0.244. The predicted octanol–water partition coefficient (Wildman–Crippen LogP) is 1.02. The number of fused-ring (bicyclic) bond motifs is 2. The Kier molecular flexibility index (Phi) is 4.47. The van der Waals surface area contributed by atoms with Gasteiger partial charge >= 0.3 is 0 Å². The van der Waals surface area contributed by atoms with Gasteiger partial charge in [-0.2, -0.15) is 0 Å². The van der Waals surface area contributed by atoms with Crippen LogP contribution < -0.4 is 15.6 Å². The fourth-order valence-electron chi connectivity index (χ4n) is 3.44. The summed E-state index contributed by atoms with van der Waals surface area (Å²) in [5, 5.41) is 12.5. The van der Waals surface area contributed by atoms with E-state index in [9.17, 15) is 23.1 Å². The maximum absolute atomic E-state index is 12.4. The van der Waals surface area contributed by atoms with Crippen LogP contribution in [0.3, 0.4) is 0 Å². The first kappa shape index (κ1) is 19.2. The molecule has 3 aromatic rings. The largest absolute Gasteiger partial charge is 0.478 e. The number of aromatic nitrogens is 2. The molecule has 0 bridgehead atoms. The summed E-state index contributed by atoms with van der Waals surface area (Å²) in [4.78, 5) is 27.6. The lowest BCUT2D eigenvalue weighted by molar-refractivity contribution is -0.124. The highest BCUT2D eigenvalue weighted by Crippen LogP contribution is 2.43. The molecule has 0 saturated heterocycles. The third-order valence-corrected chi connectivity index (χ3v) is 5.97. The van der Waals surface area contributed by atoms with Crippen LogP contribution in [-0.4, -0.2) is 47.9 Å². The summed E-state index contributed by atoms with van der Waals surface area (Å²) in [6, 6.07) is 4.53. The Hall–Kier alpha value is -3.11. The second-order valence-electron chi connectivity index (χ2n) is 6.95. The third-order valence-electron chi connectivity index (χ3n) is 4.88. The van der Waals surface area contributed by atoms with Gasteiger partial charge in [0.05, 0.1) is 10.6 Å². The van der Waals surface area contributed by atoms with E-state index in [0.717, 1.165) is 6.26 Å². The molecule has 9 nitrogen and oxygen atoms in total. The van der Waals surface area contributed by atoms with Crippen LogP contribution in [0.15, 0.2) is 40.3 Å². The SMILES string of the molecule is Cn1cc(-c2cc(S(C)(=O)=O)cc3c2OC(CCO)C(=O)N3)c2cc[nH]c2c1=O. The van der Waals surface area contributed by atoms with Crippen LogP contribution in [0.25, 0.3) is 22.0 Å². The first-order valence-electron chi connectivity index (χ1n) is 8.84. The first-order valence-corrected chi connectivity index (χ1v) is 10.7. The molecule has 1 aliphatic heterocycles. The second kappa shape index (κ2) is 6.75. The number of aryl methyl sites for hydroxylation is 1. The number of ether oxygens (including phenoxy) is 1. The van der Waals surface area contributed by atoms with Crippen molar-refractivity contribution in [1.82, 2.24) is 9.55 Å². The molecule has 1 aromatic carbocycles. The Balaban J connectivity index is 2.05. The van der Waals surface area contributed by atoms with Crippen LogP contribution in [-0.2, 0) is 21.7 Å². The molecule has 3 N–H and O–H groups in total. The van der Waals surface area contributed by atoms with Crippen molar-refractivity contribution in [3.8, 4) is 16.9 Å². The van der Waals surface area contributed by atoms with Gasteiger partial charge in [-0.1, -0.05) is 0 Å². The molecule has 3 heterocycles. The molecule has 1 atom stereocenters. The van der Waals surface area contributed by atoms with Crippen molar-refractivity contribution in [2.24, 2.45) is 7.05 Å². The number of aromatic amines is 1. The number of aliphatic hydroxyl groups excluding tert-OH is 1. The lowest BCUT2D eigenvalue weighted by Gasteiger charge is -2.28. The molecule has 1 amide bonds. The van der Waals surface area contributed by atoms with Gasteiger partial charge in [0.1, 0.15) is 5.52 Å². The zero-order chi connectivity index (χ0) is 20.9. The maximum atomic E-state index is 12.4. The summed E-state index contributed by atoms with van der Waals surface area (Å²) in [6.07, 6.45) is 3.47. The number of rotatable bonds is 4. The Morgan fingerprint density at radius 3 is 2.69 bits per heavy atom. The summed E-state index contributed by atoms with van der Waals surface area (Å²) in [5.74, 6) is -0.174. The summed E-state index contributed by atoms with van der Waals surface area (Å²) >= 11 is 0. The molecule has 29 heavy (non-hydrogen) atoms. The summed E-state index contributed by atoms with van der Waals surface area (Å²) < 4.78 is 31.7. The van der Waals surface area contributed by atoms with Crippen molar-refractivity contribution in [1.29, 1.82) is 0 Å². The van der Waals surface area contributed by atoms with Crippen molar-refractivity contribution in [3.05, 3.63) is 40.9 Å². The molecule has 0 radical (unpaired) electrons. The average molecular weight is 417 g/mol. The molecular formula is C19H19N3O6S. The molecule has 1 unspecified atom stereocenters. The Morgan fingerprint density at radius 1 is 1.24 bits per heavy atom. The van der Waals surface area contributed by atoms with E-state index in [-0.39, 0.29) is 34.9 Å². The minimum absolute atomic E-state index is 0.00768. The summed E-state index contributed by atoms with van der Waals surface area (Å²) in [7, 11) is -2.00. The number of H-pyrrole nitrogens is 1. The lowest BCUT2D eigenvalue weighted by Crippen LogP contribution is -2.38. The van der Waals surface area contributed by atoms with Crippen LogP contribution in [0.4, 0.5) is 5.69 Å². The predicted molar refractivity (Wildman–Crippen MR) is 107 cm³/mol. The minimum atomic E-state index is -3.59. The summed E-state index contributed by atoms with van der Waals surface area (Å²) in [5.41, 5.74) is 1.36. The number of amides is 1. The number of hydrogen-bond donors (Lipinski definition) is 3. The molecule has 0 fully saturated rings. The molecule has 152 valence electrons. The molecule has 10 heteroatoms. The van der Waals surface area contributed by atoms with Gasteiger partial charge in [-0.15, -0.1) is 0 Å². The normalized spacial score (nSPS) is 16.4. The van der Waals surface area contributed by atoms with Crippen LogP contribution in [0.1, 0.15) is 6.42 Å². The first-order chi connectivity index (χ1) is 13.7. The van der Waals surface area contributed by atoms with E-state index in [1.807, 2.05) is 0 Å². The molecule has 0 saturated carbocycles. The van der Waals surface area contributed by atoms with Crippen LogP contribution in [0.2, 0.25) is 0 Å². The van der Waals surface area contributed by atoms with Gasteiger partial charge in [0.25, 0.3) is 11.5 Å².